The Hall–Kier alpha value is -2.48. The molecule has 0 fully saturated rings. The summed E-state index contributed by atoms with van der Waals surface area (Å²) in [4.78, 5) is 23.0. The van der Waals surface area contributed by atoms with Gasteiger partial charge in [0.1, 0.15) is 17.0 Å². The Labute approximate surface area is 123 Å². The summed E-state index contributed by atoms with van der Waals surface area (Å²) in [5.74, 6) is 1.50. The molecule has 1 aromatic carbocycles. The van der Waals surface area contributed by atoms with Gasteiger partial charge in [0.25, 0.3) is 5.69 Å². The summed E-state index contributed by atoms with van der Waals surface area (Å²) in [6.45, 7) is 0. The molecule has 1 atom stereocenters. The van der Waals surface area contributed by atoms with Gasteiger partial charge in [0.15, 0.2) is 5.82 Å². The molecule has 0 N–H and O–H groups in total. The van der Waals surface area contributed by atoms with E-state index in [0.29, 0.717) is 5.82 Å². The Morgan fingerprint density at radius 3 is 2.81 bits per heavy atom. The van der Waals surface area contributed by atoms with E-state index >= 15 is 0 Å². The lowest BCUT2D eigenvalue weighted by Gasteiger charge is -2.14. The van der Waals surface area contributed by atoms with E-state index in [2.05, 4.69) is 19.5 Å². The number of hydrogen-bond donors (Lipinski definition) is 0. The molecular weight excluding hydrogens is 290 g/mol. The monoisotopic (exact) mass is 299 g/mol. The molecule has 1 aromatic rings. The van der Waals surface area contributed by atoms with Crippen molar-refractivity contribution >= 4 is 17.4 Å². The van der Waals surface area contributed by atoms with E-state index < -0.39 is 0 Å². The lowest BCUT2D eigenvalue weighted by Crippen LogP contribution is -2.10. The second-order valence-electron chi connectivity index (χ2n) is 4.68. The summed E-state index contributed by atoms with van der Waals surface area (Å²) >= 11 is 1.70. The minimum atomic E-state index is -0.390. The number of thioether (sulfide) groups is 1. The smallest absolute Gasteiger partial charge is 0.269 e. The fourth-order valence-corrected chi connectivity index (χ4v) is 3.75. The molecule has 0 radical (unpaired) electrons. The fraction of sp³-hybridized carbons (Fsp3) is 0.154. The van der Waals surface area contributed by atoms with Crippen molar-refractivity contribution in [2.24, 2.45) is 0 Å². The van der Waals surface area contributed by atoms with Crippen molar-refractivity contribution in [3.8, 4) is 11.5 Å². The van der Waals surface area contributed by atoms with E-state index in [9.17, 15) is 10.1 Å². The molecule has 0 aromatic heterocycles. The highest BCUT2D eigenvalue weighted by Crippen LogP contribution is 2.41. The number of hydrogen-bond acceptors (Lipinski definition) is 6. The summed E-state index contributed by atoms with van der Waals surface area (Å²) in [5.41, 5.74) is 1.94. The number of nitro benzene ring substituents is 1. The Morgan fingerprint density at radius 1 is 1.24 bits per heavy atom. The minimum Gasteiger partial charge on any atom is -0.317 e. The largest absolute Gasteiger partial charge is 0.317 e. The Morgan fingerprint density at radius 2 is 2.05 bits per heavy atom. The van der Waals surface area contributed by atoms with Crippen LogP contribution in [-0.4, -0.2) is 30.2 Å². The van der Waals surface area contributed by atoms with E-state index in [0.717, 1.165) is 22.0 Å². The zero-order chi connectivity index (χ0) is 14.4. The zero-order valence-electron chi connectivity index (χ0n) is 10.7. The summed E-state index contributed by atoms with van der Waals surface area (Å²) < 4.78 is 2.06. The van der Waals surface area contributed by atoms with Gasteiger partial charge in [-0.05, 0) is 5.56 Å². The molecule has 4 rings (SSSR count). The van der Waals surface area contributed by atoms with E-state index in [4.69, 9.17) is 0 Å². The molecular formula is C13H9N5O2S. The molecule has 0 bridgehead atoms. The summed E-state index contributed by atoms with van der Waals surface area (Å²) in [6.07, 6.45) is 3.27. The fourth-order valence-electron chi connectivity index (χ4n) is 2.48. The highest BCUT2D eigenvalue weighted by Gasteiger charge is 2.28. The molecule has 0 amide bonds. The predicted molar refractivity (Wildman–Crippen MR) is 76.4 cm³/mol. The van der Waals surface area contributed by atoms with Gasteiger partial charge in [-0.25, -0.2) is 15.0 Å². The third-order valence-corrected chi connectivity index (χ3v) is 4.68. The van der Waals surface area contributed by atoms with E-state index in [1.165, 1.54) is 18.5 Å². The van der Waals surface area contributed by atoms with Gasteiger partial charge >= 0.3 is 0 Å². The minimum absolute atomic E-state index is 0.102. The molecule has 0 unspecified atom stereocenters. The van der Waals surface area contributed by atoms with Crippen LogP contribution in [0.1, 0.15) is 11.6 Å². The van der Waals surface area contributed by atoms with Gasteiger partial charge in [0.2, 0.25) is 0 Å². The average molecular weight is 299 g/mol. The van der Waals surface area contributed by atoms with Gasteiger partial charge in [-0.2, -0.15) is 0 Å². The Balaban J connectivity index is 1.76. The second-order valence-corrected chi connectivity index (χ2v) is 5.69. The molecule has 3 heterocycles. The number of benzene rings is 1. The maximum Gasteiger partial charge on any atom is 0.269 e. The average Bonchev–Trinajstić information content (AvgIpc) is 3.13. The molecule has 3 aliphatic heterocycles. The summed E-state index contributed by atoms with van der Waals surface area (Å²) in [6, 6.07) is 6.78. The Kier molecular flexibility index (Phi) is 2.64. The van der Waals surface area contributed by atoms with Crippen molar-refractivity contribution in [2.75, 3.05) is 5.75 Å². The van der Waals surface area contributed by atoms with Crippen molar-refractivity contribution in [1.82, 2.24) is 19.5 Å². The van der Waals surface area contributed by atoms with Crippen LogP contribution in [0.5, 0.6) is 0 Å². The van der Waals surface area contributed by atoms with Gasteiger partial charge in [0.05, 0.1) is 17.3 Å². The lowest BCUT2D eigenvalue weighted by molar-refractivity contribution is -0.384. The number of nitrogens with zero attached hydrogens (tertiary/aromatic N) is 5. The van der Waals surface area contributed by atoms with Gasteiger partial charge < -0.3 is 4.57 Å². The van der Waals surface area contributed by atoms with Crippen molar-refractivity contribution in [2.45, 2.75) is 11.1 Å². The first-order chi connectivity index (χ1) is 10.2. The van der Waals surface area contributed by atoms with Crippen molar-refractivity contribution in [3.05, 3.63) is 52.6 Å². The maximum atomic E-state index is 10.7. The quantitative estimate of drug-likeness (QED) is 0.410. The zero-order valence-corrected chi connectivity index (χ0v) is 11.5. The molecule has 3 aliphatic rings. The predicted octanol–water partition coefficient (Wildman–Crippen LogP) is 2.38. The highest BCUT2D eigenvalue weighted by atomic mass is 32.2. The number of non-ortho nitro benzene ring substituents is 1. The number of imidazole rings is 1. The SMILES string of the molecule is O=[N+]([O-])c1ccc([C@H]2CSc3c4ncnc-4ncn32)cc1. The van der Waals surface area contributed by atoms with Crippen LogP contribution in [0.25, 0.3) is 11.5 Å². The van der Waals surface area contributed by atoms with Crippen LogP contribution in [0.15, 0.2) is 41.9 Å². The molecule has 8 heteroatoms. The topological polar surface area (TPSA) is 86.7 Å². The summed E-state index contributed by atoms with van der Waals surface area (Å²) in [7, 11) is 0. The molecule has 0 aliphatic carbocycles. The van der Waals surface area contributed by atoms with Crippen LogP contribution in [-0.2, 0) is 0 Å². The van der Waals surface area contributed by atoms with Gasteiger partial charge in [-0.15, -0.1) is 11.8 Å². The first-order valence-corrected chi connectivity index (χ1v) is 7.27. The van der Waals surface area contributed by atoms with Crippen LogP contribution in [0.3, 0.4) is 0 Å². The molecule has 104 valence electrons. The first-order valence-electron chi connectivity index (χ1n) is 6.29. The van der Waals surface area contributed by atoms with E-state index in [1.807, 2.05) is 0 Å². The third-order valence-electron chi connectivity index (χ3n) is 3.52. The van der Waals surface area contributed by atoms with Crippen LogP contribution in [0.2, 0.25) is 0 Å². The number of nitro groups is 1. The van der Waals surface area contributed by atoms with Crippen LogP contribution in [0, 0.1) is 10.1 Å². The summed E-state index contributed by atoms with van der Waals surface area (Å²) in [5, 5.41) is 11.8. The highest BCUT2D eigenvalue weighted by molar-refractivity contribution is 7.99. The van der Waals surface area contributed by atoms with Gasteiger partial charge in [-0.1, -0.05) is 12.1 Å². The standard InChI is InChI=1S/C13H9N5O2S/c19-18(20)9-3-1-8(2-4-9)10-5-21-13-11-12(15-6-14-11)16-7-17(10)13/h1-4,6-7,10H,5H2/t10-/m1/s1. The molecule has 0 saturated carbocycles. The van der Waals surface area contributed by atoms with E-state index in [1.54, 1.807) is 30.2 Å². The van der Waals surface area contributed by atoms with Crippen LogP contribution >= 0.6 is 11.8 Å². The first kappa shape index (κ1) is 12.3. The van der Waals surface area contributed by atoms with Crippen LogP contribution < -0.4 is 0 Å². The molecule has 0 spiro atoms. The molecule has 7 nitrogen and oxygen atoms in total. The van der Waals surface area contributed by atoms with Gasteiger partial charge in [-0.3, -0.25) is 10.1 Å². The number of aromatic nitrogens is 4. The Bertz CT molecular complexity index is 801. The second kappa shape index (κ2) is 4.52. The molecule has 0 saturated heterocycles. The normalized spacial score (nSPS) is 17.0. The number of rotatable bonds is 2. The van der Waals surface area contributed by atoms with Crippen LogP contribution in [0.4, 0.5) is 5.69 Å². The van der Waals surface area contributed by atoms with Crippen molar-refractivity contribution < 1.29 is 4.92 Å². The van der Waals surface area contributed by atoms with Crippen molar-refractivity contribution in [3.63, 3.8) is 0 Å². The van der Waals surface area contributed by atoms with Gasteiger partial charge in [0, 0.05) is 17.9 Å². The third kappa shape index (κ3) is 1.87. The van der Waals surface area contributed by atoms with E-state index in [-0.39, 0.29) is 16.7 Å². The maximum absolute atomic E-state index is 10.7. The van der Waals surface area contributed by atoms with Crippen molar-refractivity contribution in [1.29, 1.82) is 0 Å². The number of fused-ring (bicyclic) bond motifs is 3. The molecule has 21 heavy (non-hydrogen) atoms. The lowest BCUT2D eigenvalue weighted by atomic mass is 10.1.